The zero-order chi connectivity index (χ0) is 12.2. The van der Waals surface area contributed by atoms with E-state index in [9.17, 15) is 4.79 Å². The zero-order valence-electron chi connectivity index (χ0n) is 10.7. The van der Waals surface area contributed by atoms with E-state index < -0.39 is 0 Å². The van der Waals surface area contributed by atoms with E-state index >= 15 is 0 Å². The van der Waals surface area contributed by atoms with E-state index in [0.717, 1.165) is 6.42 Å². The number of allylic oxidation sites excluding steroid dienone is 3. The molecule has 92 valence electrons. The van der Waals surface area contributed by atoms with Crippen LogP contribution in [-0.2, 0) is 9.53 Å². The highest BCUT2D eigenvalue weighted by Crippen LogP contribution is 2.52. The molecule has 3 aliphatic rings. The van der Waals surface area contributed by atoms with E-state index in [1.54, 1.807) is 6.08 Å². The van der Waals surface area contributed by atoms with Gasteiger partial charge in [0.05, 0.1) is 11.7 Å². The summed E-state index contributed by atoms with van der Waals surface area (Å²) in [6.07, 6.45) is 9.56. The number of ether oxygens (including phenoxy) is 1. The molecule has 5 atom stereocenters. The summed E-state index contributed by atoms with van der Waals surface area (Å²) in [5.74, 6) is 2.01. The molecule has 1 saturated carbocycles. The molecule has 2 nitrogen and oxygen atoms in total. The third-order valence-electron chi connectivity index (χ3n) is 4.19. The van der Waals surface area contributed by atoms with Crippen molar-refractivity contribution in [1.29, 1.82) is 0 Å². The fourth-order valence-electron chi connectivity index (χ4n) is 3.64. The van der Waals surface area contributed by atoms with Crippen LogP contribution in [0.15, 0.2) is 24.3 Å². The van der Waals surface area contributed by atoms with Gasteiger partial charge in [-0.25, -0.2) is 0 Å². The van der Waals surface area contributed by atoms with Crippen LogP contribution in [0.1, 0.15) is 27.2 Å². The second-order valence-corrected chi connectivity index (χ2v) is 6.50. The number of fused-ring (bicyclic) bond motifs is 3. The lowest BCUT2D eigenvalue weighted by atomic mass is 9.87. The van der Waals surface area contributed by atoms with Crippen molar-refractivity contribution in [2.75, 3.05) is 0 Å². The summed E-state index contributed by atoms with van der Waals surface area (Å²) in [6.45, 7) is 6.28. The topological polar surface area (TPSA) is 26.3 Å². The summed E-state index contributed by atoms with van der Waals surface area (Å²) in [4.78, 5) is 11.7. The smallest absolute Gasteiger partial charge is 0.159 e. The Labute approximate surface area is 103 Å². The molecule has 0 unspecified atom stereocenters. The van der Waals surface area contributed by atoms with Gasteiger partial charge in [0.2, 0.25) is 0 Å². The first-order chi connectivity index (χ1) is 7.96. The molecule has 1 fully saturated rings. The maximum absolute atomic E-state index is 11.7. The highest BCUT2D eigenvalue weighted by Gasteiger charge is 2.51. The number of carbonyl (C=O) groups is 1. The average molecular weight is 232 g/mol. The summed E-state index contributed by atoms with van der Waals surface area (Å²) in [5, 5.41) is 0. The molecule has 0 radical (unpaired) electrons. The third-order valence-corrected chi connectivity index (χ3v) is 4.19. The minimum atomic E-state index is -0.117. The van der Waals surface area contributed by atoms with Crippen LogP contribution >= 0.6 is 0 Å². The van der Waals surface area contributed by atoms with Gasteiger partial charge in [0, 0.05) is 11.8 Å². The average Bonchev–Trinajstić information content (AvgIpc) is 2.80. The molecule has 0 aromatic heterocycles. The van der Waals surface area contributed by atoms with E-state index in [-0.39, 0.29) is 17.6 Å². The molecule has 0 aliphatic heterocycles. The van der Waals surface area contributed by atoms with Crippen molar-refractivity contribution in [2.24, 2.45) is 23.7 Å². The molecule has 0 spiro atoms. The molecular formula is C15H20O2. The van der Waals surface area contributed by atoms with Crippen molar-refractivity contribution >= 4 is 5.78 Å². The molecule has 0 aromatic carbocycles. The van der Waals surface area contributed by atoms with E-state index in [2.05, 4.69) is 39.0 Å². The Balaban J connectivity index is 1.81. The summed E-state index contributed by atoms with van der Waals surface area (Å²) >= 11 is 0. The monoisotopic (exact) mass is 232 g/mol. The summed E-state index contributed by atoms with van der Waals surface area (Å²) in [5.41, 5.74) is -0.117. The van der Waals surface area contributed by atoms with Crippen molar-refractivity contribution in [3.63, 3.8) is 0 Å². The van der Waals surface area contributed by atoms with E-state index in [0.29, 0.717) is 23.5 Å². The SMILES string of the molecule is CC(C)(C)O[C@@H]1C=C[C@H]2C[C@@H]3C(=O)C=C[C@@H]3[C@H]21. The fraction of sp³-hybridized carbons (Fsp3) is 0.667. The molecule has 0 N–H and O–H groups in total. The van der Waals surface area contributed by atoms with Gasteiger partial charge in [-0.1, -0.05) is 18.2 Å². The number of ketones is 1. The van der Waals surface area contributed by atoms with Gasteiger partial charge in [0.25, 0.3) is 0 Å². The number of hydrogen-bond donors (Lipinski definition) is 0. The Hall–Kier alpha value is -0.890. The van der Waals surface area contributed by atoms with Gasteiger partial charge in [-0.3, -0.25) is 4.79 Å². The van der Waals surface area contributed by atoms with E-state index in [4.69, 9.17) is 4.74 Å². The Bertz CT molecular complexity index is 400. The third kappa shape index (κ3) is 1.79. The largest absolute Gasteiger partial charge is 0.368 e. The number of hydrogen-bond acceptors (Lipinski definition) is 2. The van der Waals surface area contributed by atoms with Crippen LogP contribution in [0.3, 0.4) is 0 Å². The van der Waals surface area contributed by atoms with Crippen molar-refractivity contribution in [3.05, 3.63) is 24.3 Å². The second-order valence-electron chi connectivity index (χ2n) is 6.50. The van der Waals surface area contributed by atoms with Gasteiger partial charge in [-0.15, -0.1) is 0 Å². The molecule has 0 heterocycles. The molecule has 0 amide bonds. The van der Waals surface area contributed by atoms with Crippen LogP contribution in [0.5, 0.6) is 0 Å². The predicted molar refractivity (Wildman–Crippen MR) is 66.5 cm³/mol. The maximum Gasteiger partial charge on any atom is 0.159 e. The Morgan fingerprint density at radius 1 is 1.24 bits per heavy atom. The highest BCUT2D eigenvalue weighted by atomic mass is 16.5. The molecule has 0 aromatic rings. The molecule has 0 saturated heterocycles. The van der Waals surface area contributed by atoms with Crippen LogP contribution in [0.4, 0.5) is 0 Å². The highest BCUT2D eigenvalue weighted by molar-refractivity contribution is 5.95. The summed E-state index contributed by atoms with van der Waals surface area (Å²) in [6, 6.07) is 0. The standard InChI is InChI=1S/C15H20O2/c1-15(2,3)17-13-7-4-9-8-11-10(14(9)13)5-6-12(11)16/h4-7,9-11,13-14H,8H2,1-3H3/t9-,10-,11-,13+,14-/m0/s1. The first kappa shape index (κ1) is 11.2. The minimum Gasteiger partial charge on any atom is -0.368 e. The predicted octanol–water partition coefficient (Wildman–Crippen LogP) is 2.75. The molecule has 3 aliphatic carbocycles. The Kier molecular flexibility index (Phi) is 2.34. The maximum atomic E-state index is 11.7. The first-order valence-electron chi connectivity index (χ1n) is 6.54. The lowest BCUT2D eigenvalue weighted by Crippen LogP contribution is -2.33. The molecule has 3 rings (SSSR count). The molecular weight excluding hydrogens is 212 g/mol. The van der Waals surface area contributed by atoms with Crippen LogP contribution in [0.2, 0.25) is 0 Å². The van der Waals surface area contributed by atoms with Crippen molar-refractivity contribution in [3.8, 4) is 0 Å². The Morgan fingerprint density at radius 2 is 2.00 bits per heavy atom. The van der Waals surface area contributed by atoms with Crippen LogP contribution in [0, 0.1) is 23.7 Å². The van der Waals surface area contributed by atoms with E-state index in [1.807, 2.05) is 0 Å². The first-order valence-corrected chi connectivity index (χ1v) is 6.54. The second kappa shape index (κ2) is 3.55. The summed E-state index contributed by atoms with van der Waals surface area (Å²) in [7, 11) is 0. The normalized spacial score (nSPS) is 43.2. The lowest BCUT2D eigenvalue weighted by Gasteiger charge is -2.30. The lowest BCUT2D eigenvalue weighted by molar-refractivity contribution is -0.118. The number of rotatable bonds is 1. The van der Waals surface area contributed by atoms with Crippen molar-refractivity contribution in [2.45, 2.75) is 38.9 Å². The number of carbonyl (C=O) groups excluding carboxylic acids is 1. The Morgan fingerprint density at radius 3 is 2.71 bits per heavy atom. The van der Waals surface area contributed by atoms with E-state index in [1.165, 1.54) is 0 Å². The van der Waals surface area contributed by atoms with Gasteiger partial charge in [-0.2, -0.15) is 0 Å². The fourth-order valence-corrected chi connectivity index (χ4v) is 3.64. The van der Waals surface area contributed by atoms with Gasteiger partial charge in [-0.05, 0) is 45.1 Å². The molecule has 2 heteroatoms. The van der Waals surface area contributed by atoms with Crippen molar-refractivity contribution in [1.82, 2.24) is 0 Å². The van der Waals surface area contributed by atoms with Crippen molar-refractivity contribution < 1.29 is 9.53 Å². The van der Waals surface area contributed by atoms with Crippen LogP contribution < -0.4 is 0 Å². The van der Waals surface area contributed by atoms with Gasteiger partial charge in [0.1, 0.15) is 0 Å². The summed E-state index contributed by atoms with van der Waals surface area (Å²) < 4.78 is 6.12. The van der Waals surface area contributed by atoms with Crippen LogP contribution in [0.25, 0.3) is 0 Å². The van der Waals surface area contributed by atoms with Gasteiger partial charge in [0.15, 0.2) is 5.78 Å². The van der Waals surface area contributed by atoms with Gasteiger partial charge < -0.3 is 4.74 Å². The zero-order valence-corrected chi connectivity index (χ0v) is 10.7. The van der Waals surface area contributed by atoms with Crippen LogP contribution in [-0.4, -0.2) is 17.5 Å². The minimum absolute atomic E-state index is 0.117. The molecule has 17 heavy (non-hydrogen) atoms. The molecule has 0 bridgehead atoms. The quantitative estimate of drug-likeness (QED) is 0.650. The van der Waals surface area contributed by atoms with Gasteiger partial charge >= 0.3 is 0 Å².